The molecule has 0 spiro atoms. The van der Waals surface area contributed by atoms with E-state index in [1.165, 1.54) is 0 Å². The van der Waals surface area contributed by atoms with Crippen LogP contribution in [-0.4, -0.2) is 32.5 Å². The highest BCUT2D eigenvalue weighted by atomic mass is 15.2. The van der Waals surface area contributed by atoms with E-state index in [0.717, 1.165) is 0 Å². The van der Waals surface area contributed by atoms with Gasteiger partial charge in [-0.1, -0.05) is 0 Å². The van der Waals surface area contributed by atoms with Crippen LogP contribution < -0.4 is 34.7 Å². The van der Waals surface area contributed by atoms with Gasteiger partial charge in [0.1, 0.15) is 0 Å². The Morgan fingerprint density at radius 3 is 1.00 bits per heavy atom. The van der Waals surface area contributed by atoms with Crippen LogP contribution in [-0.2, 0) is 0 Å². The second-order valence-corrected chi connectivity index (χ2v) is 2.85. The molecule has 0 atom stereocenters. The maximum absolute atomic E-state index is 5.46. The third kappa shape index (κ3) is 2.49. The fourth-order valence-electron chi connectivity index (χ4n) is 0.893. The summed E-state index contributed by atoms with van der Waals surface area (Å²) in [5, 5.41) is 9.69. The first-order chi connectivity index (χ1) is 8.53. The minimum Gasteiger partial charge on any atom is -0.379 e. The number of amidine groups is 3. The molecule has 0 saturated heterocycles. The Labute approximate surface area is 101 Å². The van der Waals surface area contributed by atoms with Crippen molar-refractivity contribution >= 4 is 17.5 Å². The van der Waals surface area contributed by atoms with Gasteiger partial charge >= 0.3 is 0 Å². The van der Waals surface area contributed by atoms with Gasteiger partial charge in [0.25, 0.3) is 0 Å². The molecule has 0 radical (unpaired) electrons. The average Bonchev–Trinajstić information content (AvgIpc) is 2.43. The Hall–Kier alpha value is -3.18. The summed E-state index contributed by atoms with van der Waals surface area (Å²) in [6.07, 6.45) is 0. The van der Waals surface area contributed by atoms with Crippen molar-refractivity contribution in [2.45, 2.75) is 0 Å². The van der Waals surface area contributed by atoms with E-state index in [4.69, 9.17) is 34.7 Å². The number of rotatable bonds is 3. The topological polar surface area (TPSA) is 232 Å². The lowest BCUT2D eigenvalue weighted by Crippen LogP contribution is -2.29. The van der Waals surface area contributed by atoms with Crippen molar-refractivity contribution in [3.8, 4) is 0 Å². The smallest absolute Gasteiger partial charge is 0.201 e. The van der Waals surface area contributed by atoms with E-state index in [1.54, 1.807) is 0 Å². The zero-order valence-electron chi connectivity index (χ0n) is 9.15. The van der Waals surface area contributed by atoms with E-state index in [-0.39, 0.29) is 35.0 Å². The van der Waals surface area contributed by atoms with Crippen molar-refractivity contribution in [1.29, 1.82) is 0 Å². The van der Waals surface area contributed by atoms with Gasteiger partial charge in [0, 0.05) is 0 Å². The quantitative estimate of drug-likeness (QED) is 0.132. The number of nitrogens with zero attached hydrogens (tertiary/aromatic N) is 6. The van der Waals surface area contributed by atoms with Crippen LogP contribution >= 0.6 is 0 Å². The molecular formula is C6H12N12. The summed E-state index contributed by atoms with van der Waals surface area (Å²) >= 11 is 0. The molecule has 12 N–H and O–H groups in total. The van der Waals surface area contributed by atoms with Gasteiger partial charge in [0.2, 0.25) is 17.5 Å². The normalized spacial score (nSPS) is 13.7. The van der Waals surface area contributed by atoms with Crippen LogP contribution in [0, 0.1) is 0 Å². The Bertz CT molecular complexity index is 439. The van der Waals surface area contributed by atoms with Gasteiger partial charge in [-0.2, -0.15) is 15.3 Å². The van der Waals surface area contributed by atoms with Crippen molar-refractivity contribution in [2.24, 2.45) is 50.0 Å². The van der Waals surface area contributed by atoms with Crippen LogP contribution in [0.1, 0.15) is 17.5 Å². The molecule has 0 bridgehead atoms. The van der Waals surface area contributed by atoms with Gasteiger partial charge in [0.05, 0.1) is 0 Å². The number of hydrogen-bond donors (Lipinski definition) is 6. The molecule has 0 unspecified atom stereocenters. The molecular weight excluding hydrogens is 240 g/mol. The highest BCUT2D eigenvalue weighted by Gasteiger charge is 2.14. The maximum Gasteiger partial charge on any atom is 0.201 e. The van der Waals surface area contributed by atoms with Crippen molar-refractivity contribution in [1.82, 2.24) is 15.0 Å². The molecule has 1 aromatic rings. The highest BCUT2D eigenvalue weighted by molar-refractivity contribution is 6.00. The van der Waals surface area contributed by atoms with Crippen molar-refractivity contribution < 1.29 is 0 Å². The highest BCUT2D eigenvalue weighted by Crippen LogP contribution is 1.96. The predicted molar refractivity (Wildman–Crippen MR) is 64.6 cm³/mol. The molecule has 0 aliphatic carbocycles. The Kier molecular flexibility index (Phi) is 3.75. The number of hydrogen-bond acceptors (Lipinski definition) is 9. The standard InChI is InChI=1S/C6H12N12/c7-1(16-10)4-13-5(2(8)17-11)15-6(14-4)3(9)18-12/h10-12H2,(H2,7,16)(H2,8,17)(H2,9,18). The molecule has 0 aliphatic rings. The Morgan fingerprint density at radius 2 is 0.833 bits per heavy atom. The SMILES string of the molecule is N/N=C(\N)c1nc(/C(N)=N/N)nc(/C(N)=N/N)n1. The van der Waals surface area contributed by atoms with Crippen molar-refractivity contribution in [3.05, 3.63) is 17.5 Å². The van der Waals surface area contributed by atoms with Crippen molar-refractivity contribution in [2.75, 3.05) is 0 Å². The minimum absolute atomic E-state index is 0.0595. The lowest BCUT2D eigenvalue weighted by atomic mass is 10.4. The third-order valence-electron chi connectivity index (χ3n) is 1.74. The fraction of sp³-hybridized carbons (Fsp3) is 0. The molecule has 96 valence electrons. The Morgan fingerprint density at radius 1 is 0.611 bits per heavy atom. The minimum atomic E-state index is -0.158. The first-order valence-electron chi connectivity index (χ1n) is 4.40. The summed E-state index contributed by atoms with van der Waals surface area (Å²) in [5.41, 5.74) is 16.4. The van der Waals surface area contributed by atoms with Crippen LogP contribution in [0.15, 0.2) is 15.3 Å². The second-order valence-electron chi connectivity index (χ2n) is 2.85. The first kappa shape index (κ1) is 12.9. The van der Waals surface area contributed by atoms with Gasteiger partial charge in [-0.25, -0.2) is 15.0 Å². The number of hydrazone groups is 3. The monoisotopic (exact) mass is 252 g/mol. The summed E-state index contributed by atoms with van der Waals surface area (Å²) in [7, 11) is 0. The van der Waals surface area contributed by atoms with Gasteiger partial charge in [0.15, 0.2) is 17.5 Å². The zero-order valence-corrected chi connectivity index (χ0v) is 9.15. The second kappa shape index (κ2) is 5.24. The van der Waals surface area contributed by atoms with E-state index in [0.29, 0.717) is 0 Å². The Balaban J connectivity index is 3.48. The predicted octanol–water partition coefficient (Wildman–Crippen LogP) is -4.39. The molecule has 18 heavy (non-hydrogen) atoms. The lowest BCUT2D eigenvalue weighted by molar-refractivity contribution is 0.965. The van der Waals surface area contributed by atoms with Gasteiger partial charge in [-0.3, -0.25) is 0 Å². The lowest BCUT2D eigenvalue weighted by Gasteiger charge is -2.04. The fourth-order valence-corrected chi connectivity index (χ4v) is 0.893. The van der Waals surface area contributed by atoms with Crippen LogP contribution in [0.3, 0.4) is 0 Å². The van der Waals surface area contributed by atoms with Crippen LogP contribution in [0.25, 0.3) is 0 Å². The number of nitrogens with two attached hydrogens (primary N) is 6. The molecule has 1 aromatic heterocycles. The number of aromatic nitrogens is 3. The average molecular weight is 252 g/mol. The zero-order chi connectivity index (χ0) is 13.7. The van der Waals surface area contributed by atoms with Crippen LogP contribution in [0.4, 0.5) is 0 Å². The first-order valence-corrected chi connectivity index (χ1v) is 4.40. The summed E-state index contributed by atoms with van der Waals surface area (Å²) in [6.45, 7) is 0. The molecule has 0 saturated carbocycles. The van der Waals surface area contributed by atoms with Crippen molar-refractivity contribution in [3.63, 3.8) is 0 Å². The largest absolute Gasteiger partial charge is 0.379 e. The van der Waals surface area contributed by atoms with E-state index in [1.807, 2.05) is 0 Å². The summed E-state index contributed by atoms with van der Waals surface area (Å²) < 4.78 is 0. The van der Waals surface area contributed by atoms with Crippen LogP contribution in [0.2, 0.25) is 0 Å². The summed E-state index contributed by atoms with van der Waals surface area (Å²) in [4.78, 5) is 11.5. The van der Waals surface area contributed by atoms with E-state index < -0.39 is 0 Å². The van der Waals surface area contributed by atoms with Gasteiger partial charge in [-0.05, 0) is 0 Å². The molecule has 0 amide bonds. The molecule has 0 aromatic carbocycles. The summed E-state index contributed by atoms with van der Waals surface area (Å²) in [5.74, 6) is 14.4. The molecule has 1 rings (SSSR count). The molecule has 0 aliphatic heterocycles. The van der Waals surface area contributed by atoms with E-state index >= 15 is 0 Å². The van der Waals surface area contributed by atoms with E-state index in [9.17, 15) is 0 Å². The van der Waals surface area contributed by atoms with Crippen LogP contribution in [0.5, 0.6) is 0 Å². The molecule has 1 heterocycles. The summed E-state index contributed by atoms with van der Waals surface area (Å²) in [6, 6.07) is 0. The molecule has 12 heteroatoms. The van der Waals surface area contributed by atoms with Gasteiger partial charge in [-0.15, -0.1) is 0 Å². The maximum atomic E-state index is 5.46. The molecule has 0 fully saturated rings. The molecule has 12 nitrogen and oxygen atoms in total. The van der Waals surface area contributed by atoms with E-state index in [2.05, 4.69) is 30.3 Å². The van der Waals surface area contributed by atoms with Gasteiger partial charge < -0.3 is 34.7 Å². The third-order valence-corrected chi connectivity index (χ3v) is 1.74.